The fourth-order valence-electron chi connectivity index (χ4n) is 4.21. The van der Waals surface area contributed by atoms with Gasteiger partial charge < -0.3 is 25.6 Å². The Bertz CT molecular complexity index is 1000. The van der Waals surface area contributed by atoms with Crippen LogP contribution in [0.25, 0.3) is 0 Å². The highest BCUT2D eigenvalue weighted by molar-refractivity contribution is 8.00. The van der Waals surface area contributed by atoms with Crippen LogP contribution in [0.15, 0.2) is 60.7 Å². The first-order chi connectivity index (χ1) is 18.7. The van der Waals surface area contributed by atoms with E-state index in [1.165, 1.54) is 5.56 Å². The molecule has 3 rings (SSSR count). The number of aliphatic carboxylic acids is 2. The van der Waals surface area contributed by atoms with Crippen molar-refractivity contribution in [3.05, 3.63) is 71.8 Å². The lowest BCUT2D eigenvalue weighted by Gasteiger charge is -2.37. The summed E-state index contributed by atoms with van der Waals surface area (Å²) in [6, 6.07) is 19.1. The van der Waals surface area contributed by atoms with E-state index in [1.54, 1.807) is 0 Å². The van der Waals surface area contributed by atoms with Crippen molar-refractivity contribution >= 4 is 29.5 Å². The Kier molecular flexibility index (Phi) is 14.8. The second-order valence-corrected chi connectivity index (χ2v) is 10.5. The van der Waals surface area contributed by atoms with Crippen molar-refractivity contribution in [2.75, 3.05) is 57.4 Å². The minimum absolute atomic E-state index is 0.0226. The number of ketones is 1. The summed E-state index contributed by atoms with van der Waals surface area (Å²) in [4.78, 5) is 37.5. The zero-order chi connectivity index (χ0) is 28.6. The average molecular weight is 560 g/mol. The van der Waals surface area contributed by atoms with E-state index in [-0.39, 0.29) is 29.3 Å². The Morgan fingerprint density at radius 3 is 1.97 bits per heavy atom. The molecule has 39 heavy (non-hydrogen) atoms. The van der Waals surface area contributed by atoms with E-state index >= 15 is 0 Å². The molecule has 9 nitrogen and oxygen atoms in total. The number of rotatable bonds is 14. The second-order valence-electron chi connectivity index (χ2n) is 9.44. The van der Waals surface area contributed by atoms with Crippen LogP contribution in [0.2, 0.25) is 0 Å². The Labute approximate surface area is 235 Å². The summed E-state index contributed by atoms with van der Waals surface area (Å²) in [7, 11) is 0. The molecule has 0 bridgehead atoms. The highest BCUT2D eigenvalue weighted by Gasteiger charge is 2.24. The van der Waals surface area contributed by atoms with Gasteiger partial charge in [0.15, 0.2) is 5.78 Å². The molecule has 2 aromatic carbocycles. The van der Waals surface area contributed by atoms with Crippen LogP contribution in [0, 0.1) is 5.92 Å². The van der Waals surface area contributed by atoms with E-state index in [1.807, 2.05) is 43.3 Å². The number of hydrogen-bond donors (Lipinski definition) is 3. The number of carboxylic acid groups (broad SMARTS) is 2. The summed E-state index contributed by atoms with van der Waals surface area (Å²) in [5.41, 5.74) is 7.15. The van der Waals surface area contributed by atoms with Crippen LogP contribution >= 0.6 is 11.8 Å². The van der Waals surface area contributed by atoms with Crippen LogP contribution < -0.4 is 5.73 Å². The first-order valence-corrected chi connectivity index (χ1v) is 14.3. The number of benzene rings is 2. The largest absolute Gasteiger partial charge is 0.481 e. The molecule has 1 aliphatic rings. The SMILES string of the molecule is CCOC(CN1CCN(CC(C)C(=O)c2ccccc2)CC1)c1ccccc1.N[C@@H](CSCC(=O)O)C(=O)O. The minimum Gasteiger partial charge on any atom is -0.481 e. The average Bonchev–Trinajstić information content (AvgIpc) is 2.94. The number of carbonyl (C=O) groups is 3. The lowest BCUT2D eigenvalue weighted by molar-refractivity contribution is -0.138. The molecule has 1 aliphatic heterocycles. The molecule has 0 amide bonds. The van der Waals surface area contributed by atoms with Crippen LogP contribution in [0.4, 0.5) is 0 Å². The number of piperazine rings is 1. The van der Waals surface area contributed by atoms with Crippen molar-refractivity contribution < 1.29 is 29.3 Å². The summed E-state index contributed by atoms with van der Waals surface area (Å²) in [5, 5.41) is 16.4. The Balaban J connectivity index is 0.000000411. The lowest BCUT2D eigenvalue weighted by atomic mass is 9.98. The van der Waals surface area contributed by atoms with Gasteiger partial charge in [0.25, 0.3) is 0 Å². The number of nitrogens with two attached hydrogens (primary N) is 1. The topological polar surface area (TPSA) is 133 Å². The van der Waals surface area contributed by atoms with Gasteiger partial charge in [-0.15, -0.1) is 11.8 Å². The molecule has 0 spiro atoms. The first kappa shape index (κ1) is 32.5. The third-order valence-electron chi connectivity index (χ3n) is 6.31. The van der Waals surface area contributed by atoms with E-state index in [4.69, 9.17) is 20.7 Å². The van der Waals surface area contributed by atoms with Gasteiger partial charge >= 0.3 is 11.9 Å². The Morgan fingerprint density at radius 1 is 0.923 bits per heavy atom. The third kappa shape index (κ3) is 12.3. The van der Waals surface area contributed by atoms with Crippen molar-refractivity contribution in [2.24, 2.45) is 11.7 Å². The molecule has 0 aliphatic carbocycles. The van der Waals surface area contributed by atoms with Crippen molar-refractivity contribution in [1.29, 1.82) is 0 Å². The molecule has 0 radical (unpaired) electrons. The molecule has 2 aromatic rings. The number of ether oxygens (including phenoxy) is 1. The molecule has 1 heterocycles. The summed E-state index contributed by atoms with van der Waals surface area (Å²) < 4.78 is 6.00. The standard InChI is InChI=1S/C24H32N2O2.C5H9NO4S/c1-3-28-23(21-10-6-4-7-11-21)19-26-16-14-25(15-17-26)18-20(2)24(27)22-12-8-5-9-13-22;6-3(5(9)10)1-11-2-4(7)8/h4-13,20,23H,3,14-19H2,1-2H3;3H,1-2,6H2,(H,7,8)(H,9,10)/t;3-/m.0/s1. The molecular formula is C29H41N3O6S. The van der Waals surface area contributed by atoms with Crippen LogP contribution in [0.3, 0.4) is 0 Å². The van der Waals surface area contributed by atoms with Gasteiger partial charge in [0.2, 0.25) is 0 Å². The highest BCUT2D eigenvalue weighted by Crippen LogP contribution is 2.20. The van der Waals surface area contributed by atoms with Crippen LogP contribution in [0.5, 0.6) is 0 Å². The van der Waals surface area contributed by atoms with Crippen molar-refractivity contribution in [3.8, 4) is 0 Å². The predicted octanol–water partition coefficient (Wildman–Crippen LogP) is 3.12. The maximum Gasteiger partial charge on any atom is 0.321 e. The van der Waals surface area contributed by atoms with Crippen molar-refractivity contribution in [3.63, 3.8) is 0 Å². The normalized spacial score (nSPS) is 16.4. The molecule has 1 fully saturated rings. The molecule has 10 heteroatoms. The summed E-state index contributed by atoms with van der Waals surface area (Å²) >= 11 is 0.992. The fraction of sp³-hybridized carbons (Fsp3) is 0.483. The first-order valence-electron chi connectivity index (χ1n) is 13.2. The maximum atomic E-state index is 12.6. The molecule has 3 atom stereocenters. The third-order valence-corrected chi connectivity index (χ3v) is 7.35. The van der Waals surface area contributed by atoms with Gasteiger partial charge in [-0.1, -0.05) is 67.6 Å². The lowest BCUT2D eigenvalue weighted by Crippen LogP contribution is -2.49. The summed E-state index contributed by atoms with van der Waals surface area (Å²) in [6.45, 7) is 10.6. The van der Waals surface area contributed by atoms with Gasteiger partial charge in [-0.25, -0.2) is 0 Å². The fourth-order valence-corrected chi connectivity index (χ4v) is 4.90. The summed E-state index contributed by atoms with van der Waals surface area (Å²) in [6.07, 6.45) is 0.122. The predicted molar refractivity (Wildman–Crippen MR) is 154 cm³/mol. The van der Waals surface area contributed by atoms with E-state index in [9.17, 15) is 14.4 Å². The molecule has 214 valence electrons. The maximum absolute atomic E-state index is 12.6. The molecule has 1 saturated heterocycles. The Hall–Kier alpha value is -2.76. The van der Waals surface area contributed by atoms with Crippen LogP contribution in [0.1, 0.15) is 35.9 Å². The van der Waals surface area contributed by atoms with E-state index in [2.05, 4.69) is 41.0 Å². The monoisotopic (exact) mass is 559 g/mol. The second kappa shape index (κ2) is 17.8. The molecule has 0 aromatic heterocycles. The van der Waals surface area contributed by atoms with Crippen molar-refractivity contribution in [2.45, 2.75) is 26.0 Å². The molecule has 4 N–H and O–H groups in total. The molecular weight excluding hydrogens is 518 g/mol. The number of nitrogens with zero attached hydrogens (tertiary/aromatic N) is 2. The number of hydrogen-bond acceptors (Lipinski definition) is 8. The van der Waals surface area contributed by atoms with E-state index in [0.29, 0.717) is 0 Å². The van der Waals surface area contributed by atoms with Gasteiger partial charge in [-0.05, 0) is 12.5 Å². The highest BCUT2D eigenvalue weighted by atomic mass is 32.2. The van der Waals surface area contributed by atoms with Gasteiger partial charge in [-0.2, -0.15) is 0 Å². The van der Waals surface area contributed by atoms with Crippen LogP contribution in [-0.2, 0) is 14.3 Å². The van der Waals surface area contributed by atoms with Gasteiger partial charge in [0, 0.05) is 63.1 Å². The summed E-state index contributed by atoms with van der Waals surface area (Å²) in [5.74, 6) is -1.80. The van der Waals surface area contributed by atoms with E-state index < -0.39 is 18.0 Å². The van der Waals surface area contributed by atoms with E-state index in [0.717, 1.165) is 63.2 Å². The number of thioether (sulfide) groups is 1. The quantitative estimate of drug-likeness (QED) is 0.297. The smallest absolute Gasteiger partial charge is 0.321 e. The zero-order valence-electron chi connectivity index (χ0n) is 22.8. The molecule has 0 saturated carbocycles. The molecule has 2 unspecified atom stereocenters. The van der Waals surface area contributed by atoms with Gasteiger partial charge in [0.05, 0.1) is 11.9 Å². The number of carbonyl (C=O) groups excluding carboxylic acids is 1. The van der Waals surface area contributed by atoms with Crippen molar-refractivity contribution in [1.82, 2.24) is 9.80 Å². The minimum atomic E-state index is -1.11. The number of Topliss-reactive ketones (excluding diaryl/α,β-unsaturated/α-hetero) is 1. The van der Waals surface area contributed by atoms with Gasteiger partial charge in [0.1, 0.15) is 6.04 Å². The number of carboxylic acids is 2. The Morgan fingerprint density at radius 2 is 1.46 bits per heavy atom. The van der Waals surface area contributed by atoms with Gasteiger partial charge in [-0.3, -0.25) is 19.3 Å². The zero-order valence-corrected chi connectivity index (χ0v) is 23.6. The van der Waals surface area contributed by atoms with Crippen LogP contribution in [-0.4, -0.2) is 101 Å².